The molecule has 0 fully saturated rings. The summed E-state index contributed by atoms with van der Waals surface area (Å²) in [6.07, 6.45) is 0. The average Bonchev–Trinajstić information content (AvgIpc) is 2.37. The van der Waals surface area contributed by atoms with E-state index in [9.17, 15) is 9.59 Å². The van der Waals surface area contributed by atoms with Crippen molar-refractivity contribution in [3.8, 4) is 0 Å². The van der Waals surface area contributed by atoms with E-state index >= 15 is 0 Å². The topological polar surface area (TPSA) is 67.4 Å². The Morgan fingerprint density at radius 2 is 2.16 bits per heavy atom. The molecule has 1 atom stereocenters. The monoisotopic (exact) mass is 440 g/mol. The smallest absolute Gasteiger partial charge is 0.330 e. The summed E-state index contributed by atoms with van der Waals surface area (Å²) in [4.78, 5) is 22.5. The third kappa shape index (κ3) is 5.35. The molecule has 0 radical (unpaired) electrons. The van der Waals surface area contributed by atoms with E-state index in [1.807, 2.05) is 18.2 Å². The third-order valence-corrected chi connectivity index (χ3v) is 4.62. The second kappa shape index (κ2) is 7.68. The molecule has 1 amide bonds. The van der Waals surface area contributed by atoms with Gasteiger partial charge < -0.3 is 15.4 Å². The molecule has 1 unspecified atom stereocenters. The highest BCUT2D eigenvalue weighted by Gasteiger charge is 2.19. The van der Waals surface area contributed by atoms with Gasteiger partial charge in [0.1, 0.15) is 6.04 Å². The summed E-state index contributed by atoms with van der Waals surface area (Å²) in [7, 11) is 1.29. The van der Waals surface area contributed by atoms with E-state index in [2.05, 4.69) is 53.9 Å². The summed E-state index contributed by atoms with van der Waals surface area (Å²) >= 11 is 5.61. The number of hydrogen-bond donors (Lipinski definition) is 2. The molecule has 19 heavy (non-hydrogen) atoms. The number of carbonyl (C=O) groups excluding carboxylic acids is 2. The lowest BCUT2D eigenvalue weighted by Gasteiger charge is -2.17. The Labute approximate surface area is 133 Å². The van der Waals surface area contributed by atoms with Gasteiger partial charge in [0.2, 0.25) is 5.91 Å². The number of hydrogen-bond acceptors (Lipinski definition) is 4. The maximum atomic E-state index is 11.5. The molecule has 104 valence electrons. The van der Waals surface area contributed by atoms with Crippen LogP contribution in [0.1, 0.15) is 6.92 Å². The zero-order chi connectivity index (χ0) is 14.4. The molecule has 0 heterocycles. The molecule has 0 aliphatic rings. The van der Waals surface area contributed by atoms with Crippen molar-refractivity contribution in [3.05, 3.63) is 26.2 Å². The molecule has 0 bridgehead atoms. The van der Waals surface area contributed by atoms with Crippen molar-refractivity contribution in [3.63, 3.8) is 0 Å². The van der Waals surface area contributed by atoms with E-state index in [1.54, 1.807) is 0 Å². The number of anilines is 1. The first kappa shape index (κ1) is 16.2. The van der Waals surface area contributed by atoms with Crippen LogP contribution in [0.4, 0.5) is 5.69 Å². The molecule has 0 aromatic heterocycles. The molecule has 1 aromatic rings. The quantitative estimate of drug-likeness (QED) is 0.543. The Hall–Kier alpha value is -0.830. The fourth-order valence-corrected chi connectivity index (χ4v) is 2.17. The van der Waals surface area contributed by atoms with Crippen LogP contribution in [0.25, 0.3) is 0 Å². The van der Waals surface area contributed by atoms with E-state index < -0.39 is 12.0 Å². The number of rotatable bonds is 5. The number of nitrogens with one attached hydrogen (secondary N) is 2. The van der Waals surface area contributed by atoms with Crippen LogP contribution in [0.5, 0.6) is 0 Å². The summed E-state index contributed by atoms with van der Waals surface area (Å²) in [5, 5.41) is 5.63. The highest BCUT2D eigenvalue weighted by molar-refractivity contribution is 14.1. The Morgan fingerprint density at radius 3 is 2.68 bits per heavy atom. The number of halogens is 2. The minimum absolute atomic E-state index is 0.268. The van der Waals surface area contributed by atoms with Crippen molar-refractivity contribution in [2.45, 2.75) is 13.0 Å². The highest BCUT2D eigenvalue weighted by Crippen LogP contribution is 2.22. The molecule has 0 saturated heterocycles. The summed E-state index contributed by atoms with van der Waals surface area (Å²) < 4.78 is 6.70. The second-order valence-electron chi connectivity index (χ2n) is 3.79. The van der Waals surface area contributed by atoms with Crippen LogP contribution in [-0.4, -0.2) is 31.6 Å². The predicted octanol–water partition coefficient (Wildman–Crippen LogP) is 2.14. The summed E-state index contributed by atoms with van der Waals surface area (Å²) in [5.74, 6) is -0.753. The predicted molar refractivity (Wildman–Crippen MR) is 85.0 cm³/mol. The standard InChI is InChI=1S/C12H14BrIN2O3/c1-7(17)16-11(12(18)19-2)6-15-8-3-4-9(13)10(14)5-8/h3-5,11,15H,6H2,1-2H3,(H,16,17). The van der Waals surface area contributed by atoms with Crippen LogP contribution >= 0.6 is 38.5 Å². The van der Waals surface area contributed by atoms with Gasteiger partial charge in [-0.2, -0.15) is 0 Å². The van der Waals surface area contributed by atoms with E-state index in [0.29, 0.717) is 0 Å². The Morgan fingerprint density at radius 1 is 1.47 bits per heavy atom. The molecule has 0 saturated carbocycles. The van der Waals surface area contributed by atoms with Gasteiger partial charge in [-0.25, -0.2) is 4.79 Å². The van der Waals surface area contributed by atoms with Crippen molar-refractivity contribution in [2.24, 2.45) is 0 Å². The van der Waals surface area contributed by atoms with Crippen LogP contribution in [0.15, 0.2) is 22.7 Å². The molecule has 2 N–H and O–H groups in total. The van der Waals surface area contributed by atoms with Gasteiger partial charge in [0.25, 0.3) is 0 Å². The van der Waals surface area contributed by atoms with Gasteiger partial charge in [-0.1, -0.05) is 0 Å². The molecule has 0 aliphatic carbocycles. The fraction of sp³-hybridized carbons (Fsp3) is 0.333. The molecule has 0 spiro atoms. The van der Waals surface area contributed by atoms with Gasteiger partial charge in [-0.3, -0.25) is 4.79 Å². The normalized spacial score (nSPS) is 11.6. The first-order valence-electron chi connectivity index (χ1n) is 5.48. The van der Waals surface area contributed by atoms with Crippen LogP contribution in [0, 0.1) is 3.57 Å². The van der Waals surface area contributed by atoms with E-state index in [-0.39, 0.29) is 12.5 Å². The number of esters is 1. The SMILES string of the molecule is COC(=O)C(CNc1ccc(Br)c(I)c1)NC(C)=O. The van der Waals surface area contributed by atoms with Crippen molar-refractivity contribution in [2.75, 3.05) is 19.0 Å². The maximum Gasteiger partial charge on any atom is 0.330 e. The molecule has 1 rings (SSSR count). The van der Waals surface area contributed by atoms with Gasteiger partial charge in [0, 0.05) is 27.2 Å². The Bertz CT molecular complexity index is 482. The average molecular weight is 441 g/mol. The summed E-state index contributed by atoms with van der Waals surface area (Å²) in [6.45, 7) is 1.63. The first-order chi connectivity index (χ1) is 8.93. The Balaban J connectivity index is 2.67. The molecule has 0 aliphatic heterocycles. The summed E-state index contributed by atoms with van der Waals surface area (Å²) in [6, 6.07) is 5.03. The van der Waals surface area contributed by atoms with Crippen molar-refractivity contribution in [1.82, 2.24) is 5.32 Å². The van der Waals surface area contributed by atoms with Crippen molar-refractivity contribution < 1.29 is 14.3 Å². The fourth-order valence-electron chi connectivity index (χ4n) is 1.41. The molecule has 1 aromatic carbocycles. The van der Waals surface area contributed by atoms with Gasteiger partial charge >= 0.3 is 5.97 Å². The first-order valence-corrected chi connectivity index (χ1v) is 7.35. The lowest BCUT2D eigenvalue weighted by molar-refractivity contribution is -0.144. The van der Waals surface area contributed by atoms with E-state index in [4.69, 9.17) is 0 Å². The zero-order valence-electron chi connectivity index (χ0n) is 10.5. The number of ether oxygens (including phenoxy) is 1. The van der Waals surface area contributed by atoms with Gasteiger partial charge in [0.05, 0.1) is 7.11 Å². The molecule has 7 heteroatoms. The number of benzene rings is 1. The third-order valence-electron chi connectivity index (χ3n) is 2.29. The summed E-state index contributed by atoms with van der Waals surface area (Å²) in [5.41, 5.74) is 0.867. The van der Waals surface area contributed by atoms with Crippen molar-refractivity contribution in [1.29, 1.82) is 0 Å². The molecular weight excluding hydrogens is 427 g/mol. The number of carbonyl (C=O) groups is 2. The van der Waals surface area contributed by atoms with Crippen LogP contribution in [0.3, 0.4) is 0 Å². The minimum Gasteiger partial charge on any atom is -0.467 e. The number of amides is 1. The molecule has 5 nitrogen and oxygen atoms in total. The van der Waals surface area contributed by atoms with E-state index in [0.717, 1.165) is 13.7 Å². The van der Waals surface area contributed by atoms with Crippen LogP contribution in [-0.2, 0) is 14.3 Å². The van der Waals surface area contributed by atoms with E-state index in [1.165, 1.54) is 14.0 Å². The molecular formula is C12H14BrIN2O3. The lowest BCUT2D eigenvalue weighted by atomic mass is 10.2. The van der Waals surface area contributed by atoms with Gasteiger partial charge in [-0.05, 0) is 56.7 Å². The minimum atomic E-state index is -0.705. The highest BCUT2D eigenvalue weighted by atomic mass is 127. The van der Waals surface area contributed by atoms with Gasteiger partial charge in [-0.15, -0.1) is 0 Å². The van der Waals surface area contributed by atoms with Crippen LogP contribution < -0.4 is 10.6 Å². The number of methoxy groups -OCH3 is 1. The Kier molecular flexibility index (Phi) is 6.56. The van der Waals surface area contributed by atoms with Crippen molar-refractivity contribution >= 4 is 56.1 Å². The zero-order valence-corrected chi connectivity index (χ0v) is 14.2. The van der Waals surface area contributed by atoms with Crippen LogP contribution in [0.2, 0.25) is 0 Å². The maximum absolute atomic E-state index is 11.5. The second-order valence-corrected chi connectivity index (χ2v) is 5.80. The lowest BCUT2D eigenvalue weighted by Crippen LogP contribution is -2.45. The van der Waals surface area contributed by atoms with Gasteiger partial charge in [0.15, 0.2) is 0 Å². The largest absolute Gasteiger partial charge is 0.467 e.